The minimum Gasteiger partial charge on any atom is -0.493 e. The molecule has 0 aromatic heterocycles. The summed E-state index contributed by atoms with van der Waals surface area (Å²) >= 11 is 0. The third-order valence-electron chi connectivity index (χ3n) is 8.20. The van der Waals surface area contributed by atoms with Crippen LogP contribution in [0.15, 0.2) is 140 Å². The summed E-state index contributed by atoms with van der Waals surface area (Å²) in [6.07, 6.45) is 0.778. The highest BCUT2D eigenvalue weighted by Gasteiger charge is 2.29. The molecule has 1 aliphatic heterocycles. The van der Waals surface area contributed by atoms with Crippen LogP contribution in [0.1, 0.15) is 43.4 Å². The predicted octanol–water partition coefficient (Wildman–Crippen LogP) is 7.11. The van der Waals surface area contributed by atoms with Crippen LogP contribution >= 0.6 is 0 Å². The number of para-hydroxylation sites is 1. The molecule has 0 atom stereocenters. The van der Waals surface area contributed by atoms with E-state index in [0.29, 0.717) is 42.3 Å². The van der Waals surface area contributed by atoms with Crippen LogP contribution < -0.4 is 10.1 Å². The van der Waals surface area contributed by atoms with Crippen molar-refractivity contribution in [2.45, 2.75) is 12.5 Å². The van der Waals surface area contributed by atoms with Crippen molar-refractivity contribution in [1.29, 1.82) is 0 Å². The Morgan fingerprint density at radius 1 is 0.667 bits per heavy atom. The topological polar surface area (TPSA) is 61.9 Å². The Balaban J connectivity index is 1.10. The monoisotopic (exact) mass is 595 g/mol. The second-order valence-corrected chi connectivity index (χ2v) is 11.2. The van der Waals surface area contributed by atoms with E-state index in [9.17, 15) is 9.59 Å². The maximum absolute atomic E-state index is 13.8. The third-order valence-corrected chi connectivity index (χ3v) is 8.20. The first-order chi connectivity index (χ1) is 22.2. The lowest BCUT2D eigenvalue weighted by molar-refractivity contribution is 0.0598. The van der Waals surface area contributed by atoms with Gasteiger partial charge in [0, 0.05) is 38.2 Å². The van der Waals surface area contributed by atoms with Gasteiger partial charge in [0.1, 0.15) is 5.75 Å². The summed E-state index contributed by atoms with van der Waals surface area (Å²) in [6.45, 7) is 3.19. The summed E-state index contributed by atoms with van der Waals surface area (Å²) in [5, 5.41) is 2.97. The van der Waals surface area contributed by atoms with Gasteiger partial charge in [-0.15, -0.1) is 0 Å². The van der Waals surface area contributed by atoms with Crippen molar-refractivity contribution in [3.63, 3.8) is 0 Å². The summed E-state index contributed by atoms with van der Waals surface area (Å²) in [6, 6.07) is 45.7. The molecular formula is C39H37N3O3. The van der Waals surface area contributed by atoms with Gasteiger partial charge in [0.25, 0.3) is 11.8 Å². The minimum atomic E-state index is -0.290. The number of hydrogen-bond donors (Lipinski definition) is 1. The summed E-state index contributed by atoms with van der Waals surface area (Å²) in [5.74, 6) is 0.256. The van der Waals surface area contributed by atoms with Crippen molar-refractivity contribution in [3.05, 3.63) is 167 Å². The summed E-state index contributed by atoms with van der Waals surface area (Å²) in [5.41, 5.74) is 5.12. The molecule has 0 radical (unpaired) electrons. The van der Waals surface area contributed by atoms with Crippen molar-refractivity contribution < 1.29 is 14.3 Å². The van der Waals surface area contributed by atoms with Crippen LogP contribution in [0.25, 0.3) is 0 Å². The second kappa shape index (κ2) is 14.5. The summed E-state index contributed by atoms with van der Waals surface area (Å²) in [4.78, 5) is 31.4. The summed E-state index contributed by atoms with van der Waals surface area (Å²) in [7, 11) is 0. The Kier molecular flexibility index (Phi) is 9.63. The van der Waals surface area contributed by atoms with E-state index in [1.54, 1.807) is 24.3 Å². The highest BCUT2D eigenvalue weighted by Crippen LogP contribution is 2.30. The number of carbonyl (C=O) groups excluding carboxylic acids is 2. The molecule has 0 bridgehead atoms. The average molecular weight is 596 g/mol. The van der Waals surface area contributed by atoms with Gasteiger partial charge in [-0.1, -0.05) is 109 Å². The lowest BCUT2D eigenvalue weighted by Crippen LogP contribution is -2.50. The SMILES string of the molecule is O=C(Nc1ccccc1C(=O)N1CCN(C(c2ccccc2)c2ccccc2)CC1)c1cccc(OCCc2ccccc2)c1. The molecule has 1 saturated heterocycles. The molecule has 2 amide bonds. The summed E-state index contributed by atoms with van der Waals surface area (Å²) < 4.78 is 5.93. The fourth-order valence-electron chi connectivity index (χ4n) is 5.87. The quantitative estimate of drug-likeness (QED) is 0.187. The van der Waals surface area contributed by atoms with Crippen molar-refractivity contribution in [2.75, 3.05) is 38.1 Å². The third kappa shape index (κ3) is 7.48. The van der Waals surface area contributed by atoms with Crippen molar-refractivity contribution in [3.8, 4) is 5.75 Å². The van der Waals surface area contributed by atoms with Gasteiger partial charge in [-0.3, -0.25) is 14.5 Å². The molecule has 0 aliphatic carbocycles. The zero-order chi connectivity index (χ0) is 30.8. The molecule has 1 aliphatic rings. The highest BCUT2D eigenvalue weighted by molar-refractivity contribution is 6.09. The number of rotatable bonds is 10. The Bertz CT molecular complexity index is 1660. The van der Waals surface area contributed by atoms with Crippen LogP contribution in [-0.2, 0) is 6.42 Å². The van der Waals surface area contributed by atoms with E-state index in [-0.39, 0.29) is 17.9 Å². The molecule has 1 heterocycles. The first-order valence-corrected chi connectivity index (χ1v) is 15.5. The molecule has 1 fully saturated rings. The van der Waals surface area contributed by atoms with E-state index < -0.39 is 0 Å². The number of nitrogens with one attached hydrogen (secondary N) is 1. The van der Waals surface area contributed by atoms with E-state index in [1.165, 1.54) is 16.7 Å². The van der Waals surface area contributed by atoms with Gasteiger partial charge in [-0.25, -0.2) is 0 Å². The van der Waals surface area contributed by atoms with Crippen LogP contribution in [-0.4, -0.2) is 54.4 Å². The lowest BCUT2D eigenvalue weighted by Gasteiger charge is -2.40. The van der Waals surface area contributed by atoms with E-state index in [2.05, 4.69) is 70.9 Å². The average Bonchev–Trinajstić information content (AvgIpc) is 3.10. The molecule has 45 heavy (non-hydrogen) atoms. The standard InChI is InChI=1S/C39H37N3O3/c43-38(33-19-12-20-34(29-33)45-28-23-30-13-4-1-5-14-30)40-36-22-11-10-21-35(36)39(44)42-26-24-41(25-27-42)37(31-15-6-2-7-16-31)32-17-8-3-9-18-32/h1-22,29,37H,23-28H2,(H,40,43). The lowest BCUT2D eigenvalue weighted by atomic mass is 9.96. The molecular weight excluding hydrogens is 558 g/mol. The molecule has 5 aromatic carbocycles. The van der Waals surface area contributed by atoms with Gasteiger partial charge >= 0.3 is 0 Å². The fourth-order valence-corrected chi connectivity index (χ4v) is 5.87. The van der Waals surface area contributed by atoms with Gasteiger partial charge < -0.3 is 15.0 Å². The Morgan fingerprint density at radius 3 is 1.93 bits per heavy atom. The van der Waals surface area contributed by atoms with Crippen molar-refractivity contribution in [1.82, 2.24) is 9.80 Å². The number of nitrogens with zero attached hydrogens (tertiary/aromatic N) is 2. The number of carbonyl (C=O) groups is 2. The van der Waals surface area contributed by atoms with Crippen molar-refractivity contribution in [2.24, 2.45) is 0 Å². The highest BCUT2D eigenvalue weighted by atomic mass is 16.5. The van der Waals surface area contributed by atoms with Crippen LogP contribution in [0.5, 0.6) is 5.75 Å². The fraction of sp³-hybridized carbons (Fsp3) is 0.179. The number of anilines is 1. The van der Waals surface area contributed by atoms with E-state index >= 15 is 0 Å². The predicted molar refractivity (Wildman–Crippen MR) is 179 cm³/mol. The number of ether oxygens (including phenoxy) is 1. The molecule has 0 unspecified atom stereocenters. The number of piperazine rings is 1. The molecule has 0 spiro atoms. The normalized spacial score (nSPS) is 13.4. The maximum atomic E-state index is 13.8. The van der Waals surface area contributed by atoms with E-state index in [4.69, 9.17) is 4.74 Å². The number of amides is 2. The van der Waals surface area contributed by atoms with E-state index in [1.807, 2.05) is 59.5 Å². The first-order valence-electron chi connectivity index (χ1n) is 15.5. The maximum Gasteiger partial charge on any atom is 0.256 e. The molecule has 226 valence electrons. The van der Waals surface area contributed by atoms with Crippen LogP contribution in [0.2, 0.25) is 0 Å². The smallest absolute Gasteiger partial charge is 0.256 e. The van der Waals surface area contributed by atoms with Crippen LogP contribution in [0, 0.1) is 0 Å². The molecule has 6 rings (SSSR count). The Hall–Kier alpha value is -5.20. The van der Waals surface area contributed by atoms with Gasteiger partial charge in [0.05, 0.1) is 23.9 Å². The number of hydrogen-bond acceptors (Lipinski definition) is 4. The Labute approximate surface area is 264 Å². The number of benzene rings is 5. The second-order valence-electron chi connectivity index (χ2n) is 11.2. The molecule has 1 N–H and O–H groups in total. The van der Waals surface area contributed by atoms with Gasteiger partial charge in [0.2, 0.25) is 0 Å². The Morgan fingerprint density at radius 2 is 1.27 bits per heavy atom. The van der Waals surface area contributed by atoms with Gasteiger partial charge in [0.15, 0.2) is 0 Å². The van der Waals surface area contributed by atoms with E-state index in [0.717, 1.165) is 19.5 Å². The van der Waals surface area contributed by atoms with Crippen LogP contribution in [0.3, 0.4) is 0 Å². The van der Waals surface area contributed by atoms with Gasteiger partial charge in [-0.2, -0.15) is 0 Å². The molecule has 5 aromatic rings. The van der Waals surface area contributed by atoms with Gasteiger partial charge in [-0.05, 0) is 47.0 Å². The largest absolute Gasteiger partial charge is 0.493 e. The zero-order valence-electron chi connectivity index (χ0n) is 25.2. The molecule has 0 saturated carbocycles. The minimum absolute atomic E-state index is 0.0838. The van der Waals surface area contributed by atoms with Crippen molar-refractivity contribution >= 4 is 17.5 Å². The zero-order valence-corrected chi connectivity index (χ0v) is 25.2. The molecule has 6 heteroatoms. The molecule has 6 nitrogen and oxygen atoms in total. The van der Waals surface area contributed by atoms with Crippen LogP contribution in [0.4, 0.5) is 5.69 Å². The first kappa shape index (κ1) is 29.9.